The van der Waals surface area contributed by atoms with Crippen molar-refractivity contribution in [3.63, 3.8) is 0 Å². The number of carboxylic acids is 1. The molecule has 2 amide bonds. The maximum Gasteiger partial charge on any atom is 0.329 e. The van der Waals surface area contributed by atoms with Crippen LogP contribution in [0.4, 0.5) is 0 Å². The molecule has 0 bridgehead atoms. The molecule has 3 N–H and O–H groups in total. The van der Waals surface area contributed by atoms with Crippen LogP contribution in [0.2, 0.25) is 0 Å². The average molecular weight is 290 g/mol. The lowest BCUT2D eigenvalue weighted by Gasteiger charge is -2.13. The smallest absolute Gasteiger partial charge is 0.329 e. The van der Waals surface area contributed by atoms with Gasteiger partial charge in [-0.15, -0.1) is 0 Å². The molecule has 6 heteroatoms. The lowest BCUT2D eigenvalue weighted by Crippen LogP contribution is -2.43. The summed E-state index contributed by atoms with van der Waals surface area (Å²) in [7, 11) is 0. The summed E-state index contributed by atoms with van der Waals surface area (Å²) in [6.45, 7) is 2.52. The van der Waals surface area contributed by atoms with Crippen molar-refractivity contribution in [3.05, 3.63) is 35.4 Å². The third-order valence-electron chi connectivity index (χ3n) is 3.43. The van der Waals surface area contributed by atoms with Gasteiger partial charge in [0.05, 0.1) is 0 Å². The number of amides is 2. The van der Waals surface area contributed by atoms with Crippen molar-refractivity contribution < 1.29 is 19.5 Å². The number of carbonyl (C=O) groups is 3. The van der Waals surface area contributed by atoms with Crippen LogP contribution in [0, 0.1) is 0 Å². The molecule has 0 aliphatic heterocycles. The van der Waals surface area contributed by atoms with Gasteiger partial charge in [0.2, 0.25) is 0 Å². The van der Waals surface area contributed by atoms with Crippen molar-refractivity contribution >= 4 is 17.8 Å². The Hall–Kier alpha value is -2.37. The fraction of sp³-hybridized carbons (Fsp3) is 0.400. The summed E-state index contributed by atoms with van der Waals surface area (Å²) in [6, 6.07) is 6.25. The van der Waals surface area contributed by atoms with Crippen molar-refractivity contribution in [2.75, 3.05) is 6.54 Å². The molecule has 0 unspecified atom stereocenters. The van der Waals surface area contributed by atoms with Crippen molar-refractivity contribution in [2.24, 2.45) is 0 Å². The molecule has 0 atom stereocenters. The number of carboxylic acid groups (broad SMARTS) is 1. The molecule has 2 rings (SSSR count). The second-order valence-electron chi connectivity index (χ2n) is 5.18. The highest BCUT2D eigenvalue weighted by atomic mass is 16.4. The Kier molecular flexibility index (Phi) is 4.26. The van der Waals surface area contributed by atoms with Crippen LogP contribution in [0.25, 0.3) is 0 Å². The highest BCUT2D eigenvalue weighted by Crippen LogP contribution is 2.35. The van der Waals surface area contributed by atoms with Crippen LogP contribution in [0.3, 0.4) is 0 Å². The van der Waals surface area contributed by atoms with Gasteiger partial charge in [-0.25, -0.2) is 4.79 Å². The zero-order chi connectivity index (χ0) is 15.5. The van der Waals surface area contributed by atoms with Crippen LogP contribution in [-0.2, 0) is 4.79 Å². The highest BCUT2D eigenvalue weighted by Gasteiger charge is 2.51. The summed E-state index contributed by atoms with van der Waals surface area (Å²) >= 11 is 0. The maximum absolute atomic E-state index is 12.1. The van der Waals surface area contributed by atoms with Gasteiger partial charge in [-0.2, -0.15) is 0 Å². The quantitative estimate of drug-likeness (QED) is 0.733. The molecule has 1 aliphatic rings. The zero-order valence-electron chi connectivity index (χ0n) is 11.8. The Morgan fingerprint density at radius 3 is 2.33 bits per heavy atom. The summed E-state index contributed by atoms with van der Waals surface area (Å²) in [6.07, 6.45) is 1.70. The van der Waals surface area contributed by atoms with Gasteiger partial charge < -0.3 is 15.7 Å². The van der Waals surface area contributed by atoms with E-state index >= 15 is 0 Å². The molecule has 1 aromatic rings. The first kappa shape index (κ1) is 15.0. The van der Waals surface area contributed by atoms with E-state index in [2.05, 4.69) is 10.6 Å². The van der Waals surface area contributed by atoms with E-state index in [4.69, 9.17) is 5.11 Å². The van der Waals surface area contributed by atoms with Crippen molar-refractivity contribution in [1.29, 1.82) is 0 Å². The Balaban J connectivity index is 2.08. The van der Waals surface area contributed by atoms with Gasteiger partial charge in [-0.3, -0.25) is 9.59 Å². The van der Waals surface area contributed by atoms with Gasteiger partial charge >= 0.3 is 5.97 Å². The standard InChI is InChI=1S/C15H18N2O4/c1-2-8-16-12(18)10-4-3-5-11(9-10)13(19)17-15(6-7-15)14(20)21/h3-5,9H,2,6-8H2,1H3,(H,16,18)(H,17,19)(H,20,21). The molecule has 0 heterocycles. The Morgan fingerprint density at radius 2 is 1.81 bits per heavy atom. The van der Waals surface area contributed by atoms with Crippen LogP contribution >= 0.6 is 0 Å². The second-order valence-corrected chi connectivity index (χ2v) is 5.18. The summed E-state index contributed by atoms with van der Waals surface area (Å²) in [5, 5.41) is 14.3. The molecule has 0 radical (unpaired) electrons. The first-order valence-corrected chi connectivity index (χ1v) is 6.93. The third-order valence-corrected chi connectivity index (χ3v) is 3.43. The van der Waals surface area contributed by atoms with Crippen LogP contribution < -0.4 is 10.6 Å². The van der Waals surface area contributed by atoms with Crippen LogP contribution in [-0.4, -0.2) is 35.0 Å². The Bertz CT molecular complexity index is 579. The Labute approximate surface area is 122 Å². The summed E-state index contributed by atoms with van der Waals surface area (Å²) in [5.74, 6) is -1.74. The number of carbonyl (C=O) groups excluding carboxylic acids is 2. The molecule has 1 fully saturated rings. The van der Waals surface area contributed by atoms with E-state index in [1.807, 2.05) is 6.92 Å². The SMILES string of the molecule is CCCNC(=O)c1cccc(C(=O)NC2(C(=O)O)CC2)c1. The van der Waals surface area contributed by atoms with E-state index in [1.54, 1.807) is 18.2 Å². The summed E-state index contributed by atoms with van der Waals surface area (Å²) in [4.78, 5) is 35.0. The van der Waals surface area contributed by atoms with E-state index in [0.717, 1.165) is 6.42 Å². The molecule has 1 saturated carbocycles. The molecule has 6 nitrogen and oxygen atoms in total. The topological polar surface area (TPSA) is 95.5 Å². The predicted octanol–water partition coefficient (Wildman–Crippen LogP) is 1.17. The molecular weight excluding hydrogens is 272 g/mol. The molecule has 21 heavy (non-hydrogen) atoms. The fourth-order valence-corrected chi connectivity index (χ4v) is 1.95. The lowest BCUT2D eigenvalue weighted by atomic mass is 10.1. The molecule has 0 saturated heterocycles. The highest BCUT2D eigenvalue weighted by molar-refractivity contribution is 6.01. The maximum atomic E-state index is 12.1. The predicted molar refractivity (Wildman–Crippen MR) is 76.1 cm³/mol. The minimum absolute atomic E-state index is 0.245. The molecule has 1 aromatic carbocycles. The third kappa shape index (κ3) is 3.39. The summed E-state index contributed by atoms with van der Waals surface area (Å²) in [5.41, 5.74) is -0.458. The second kappa shape index (κ2) is 5.95. The van der Waals surface area contributed by atoms with Crippen LogP contribution in [0.1, 0.15) is 46.9 Å². The lowest BCUT2D eigenvalue weighted by molar-refractivity contribution is -0.140. The normalized spacial score (nSPS) is 15.1. The molecule has 0 aromatic heterocycles. The minimum Gasteiger partial charge on any atom is -0.480 e. The average Bonchev–Trinajstić information content (AvgIpc) is 3.25. The molecular formula is C15H18N2O4. The van der Waals surface area contributed by atoms with Crippen LogP contribution in [0.15, 0.2) is 24.3 Å². The van der Waals surface area contributed by atoms with Gasteiger partial charge in [-0.05, 0) is 37.5 Å². The minimum atomic E-state index is -1.13. The van der Waals surface area contributed by atoms with Gasteiger partial charge in [0.25, 0.3) is 11.8 Å². The van der Waals surface area contributed by atoms with E-state index in [0.29, 0.717) is 24.9 Å². The first-order valence-electron chi connectivity index (χ1n) is 6.93. The van der Waals surface area contributed by atoms with Gasteiger partial charge in [0.15, 0.2) is 0 Å². The number of aliphatic carboxylic acids is 1. The Morgan fingerprint density at radius 1 is 1.19 bits per heavy atom. The number of nitrogens with one attached hydrogen (secondary N) is 2. The van der Waals surface area contributed by atoms with Gasteiger partial charge in [0, 0.05) is 17.7 Å². The molecule has 1 aliphatic carbocycles. The number of rotatable bonds is 6. The van der Waals surface area contributed by atoms with Crippen LogP contribution in [0.5, 0.6) is 0 Å². The fourth-order valence-electron chi connectivity index (χ4n) is 1.95. The molecule has 0 spiro atoms. The number of hydrogen-bond donors (Lipinski definition) is 3. The monoisotopic (exact) mass is 290 g/mol. The number of hydrogen-bond acceptors (Lipinski definition) is 3. The van der Waals surface area contributed by atoms with E-state index in [9.17, 15) is 14.4 Å². The summed E-state index contributed by atoms with van der Waals surface area (Å²) < 4.78 is 0. The first-order chi connectivity index (χ1) is 9.98. The van der Waals surface area contributed by atoms with E-state index < -0.39 is 17.4 Å². The van der Waals surface area contributed by atoms with E-state index in [1.165, 1.54) is 6.07 Å². The van der Waals surface area contributed by atoms with Crippen molar-refractivity contribution in [2.45, 2.75) is 31.7 Å². The van der Waals surface area contributed by atoms with Crippen molar-refractivity contribution in [3.8, 4) is 0 Å². The molecule has 112 valence electrons. The van der Waals surface area contributed by atoms with Crippen molar-refractivity contribution in [1.82, 2.24) is 10.6 Å². The largest absolute Gasteiger partial charge is 0.480 e. The number of benzene rings is 1. The van der Waals surface area contributed by atoms with Gasteiger partial charge in [0.1, 0.15) is 5.54 Å². The van der Waals surface area contributed by atoms with E-state index in [-0.39, 0.29) is 11.5 Å². The zero-order valence-corrected chi connectivity index (χ0v) is 11.8. The van der Waals surface area contributed by atoms with Gasteiger partial charge in [-0.1, -0.05) is 13.0 Å².